The zero-order valence-electron chi connectivity index (χ0n) is 11.4. The van der Waals surface area contributed by atoms with E-state index in [1.54, 1.807) is 6.07 Å². The molecule has 1 aromatic rings. The van der Waals surface area contributed by atoms with Crippen molar-refractivity contribution < 1.29 is 9.59 Å². The highest BCUT2D eigenvalue weighted by atomic mass is 16.2. The van der Waals surface area contributed by atoms with Gasteiger partial charge in [0.2, 0.25) is 5.91 Å². The molecule has 0 aromatic carbocycles. The standard InChI is InChI=1S/C15H14N4O2/c16-7-13-10(9-3-1-2-4-9)5-12(18-19-13)11-8-17-15(21)6-14(11)20/h5,8-9H,1-4,6H2,(H,17,21). The molecule has 2 aliphatic rings. The van der Waals surface area contributed by atoms with Crippen LogP contribution >= 0.6 is 0 Å². The second kappa shape index (κ2) is 5.44. The van der Waals surface area contributed by atoms with Gasteiger partial charge in [-0.15, -0.1) is 10.2 Å². The van der Waals surface area contributed by atoms with Crippen molar-refractivity contribution in [2.75, 3.05) is 0 Å². The van der Waals surface area contributed by atoms with Crippen LogP contribution in [-0.2, 0) is 9.59 Å². The Balaban J connectivity index is 2.01. The summed E-state index contributed by atoms with van der Waals surface area (Å²) in [5.41, 5.74) is 1.98. The summed E-state index contributed by atoms with van der Waals surface area (Å²) in [6.07, 6.45) is 5.55. The lowest BCUT2D eigenvalue weighted by Gasteiger charge is -2.15. The van der Waals surface area contributed by atoms with Crippen molar-refractivity contribution in [3.05, 3.63) is 29.2 Å². The summed E-state index contributed by atoms with van der Waals surface area (Å²) in [6, 6.07) is 3.85. The fraction of sp³-hybridized carbons (Fsp3) is 0.400. The zero-order valence-corrected chi connectivity index (χ0v) is 11.4. The highest BCUT2D eigenvalue weighted by Gasteiger charge is 2.26. The molecule has 3 rings (SSSR count). The second-order valence-electron chi connectivity index (χ2n) is 5.35. The quantitative estimate of drug-likeness (QED) is 0.828. The molecule has 0 atom stereocenters. The number of ketones is 1. The number of nitrogens with one attached hydrogen (secondary N) is 1. The van der Waals surface area contributed by atoms with Gasteiger partial charge in [-0.3, -0.25) is 9.59 Å². The summed E-state index contributed by atoms with van der Waals surface area (Å²) in [4.78, 5) is 23.1. The van der Waals surface area contributed by atoms with Gasteiger partial charge >= 0.3 is 0 Å². The molecule has 0 unspecified atom stereocenters. The summed E-state index contributed by atoms with van der Waals surface area (Å²) in [7, 11) is 0. The van der Waals surface area contributed by atoms with Gasteiger partial charge in [-0.05, 0) is 30.4 Å². The number of rotatable bonds is 2. The van der Waals surface area contributed by atoms with Crippen molar-refractivity contribution in [1.82, 2.24) is 15.5 Å². The number of hydrogen-bond donors (Lipinski definition) is 1. The fourth-order valence-corrected chi connectivity index (χ4v) is 2.91. The van der Waals surface area contributed by atoms with Gasteiger partial charge in [0.1, 0.15) is 6.07 Å². The van der Waals surface area contributed by atoms with Gasteiger partial charge in [0.15, 0.2) is 11.5 Å². The number of nitrogens with zero attached hydrogens (tertiary/aromatic N) is 3. The lowest BCUT2D eigenvalue weighted by molar-refractivity contribution is -0.125. The molecule has 0 saturated heterocycles. The predicted octanol–water partition coefficient (Wildman–Crippen LogP) is 1.44. The highest BCUT2D eigenvalue weighted by Crippen LogP contribution is 2.36. The summed E-state index contributed by atoms with van der Waals surface area (Å²) >= 11 is 0. The monoisotopic (exact) mass is 282 g/mol. The number of allylic oxidation sites excluding steroid dienone is 1. The maximum Gasteiger partial charge on any atom is 0.231 e. The van der Waals surface area contributed by atoms with E-state index in [0.717, 1.165) is 31.2 Å². The molecule has 6 nitrogen and oxygen atoms in total. The Morgan fingerprint density at radius 2 is 2.00 bits per heavy atom. The Morgan fingerprint density at radius 3 is 2.67 bits per heavy atom. The first-order chi connectivity index (χ1) is 10.2. The molecule has 21 heavy (non-hydrogen) atoms. The molecule has 0 bridgehead atoms. The number of Topliss-reactive ketones (excluding diaryl/α,β-unsaturated/α-hetero) is 1. The zero-order chi connectivity index (χ0) is 14.8. The van der Waals surface area contributed by atoms with Crippen molar-refractivity contribution in [1.29, 1.82) is 5.26 Å². The van der Waals surface area contributed by atoms with Crippen molar-refractivity contribution >= 4 is 17.3 Å². The molecular weight excluding hydrogens is 268 g/mol. The van der Waals surface area contributed by atoms with E-state index in [1.165, 1.54) is 6.20 Å². The molecular formula is C15H14N4O2. The number of carbonyl (C=O) groups is 2. The molecule has 1 fully saturated rings. The van der Waals surface area contributed by atoms with Crippen LogP contribution in [0.2, 0.25) is 0 Å². The van der Waals surface area contributed by atoms with E-state index in [0.29, 0.717) is 22.9 Å². The summed E-state index contributed by atoms with van der Waals surface area (Å²) < 4.78 is 0. The SMILES string of the molecule is N#Cc1nnc(C2=CNC(=O)CC2=O)cc1C1CCCC1. The van der Waals surface area contributed by atoms with Crippen LogP contribution in [0, 0.1) is 11.3 Å². The smallest absolute Gasteiger partial charge is 0.231 e. The molecule has 6 heteroatoms. The van der Waals surface area contributed by atoms with Crippen LogP contribution in [0.3, 0.4) is 0 Å². The molecule has 1 aliphatic heterocycles. The Bertz CT molecular complexity index is 681. The largest absolute Gasteiger partial charge is 0.331 e. The minimum Gasteiger partial charge on any atom is -0.331 e. The molecule has 0 radical (unpaired) electrons. The first kappa shape index (κ1) is 13.4. The van der Waals surface area contributed by atoms with E-state index in [-0.39, 0.29) is 18.1 Å². The van der Waals surface area contributed by atoms with Gasteiger partial charge < -0.3 is 5.32 Å². The highest BCUT2D eigenvalue weighted by molar-refractivity contribution is 6.27. The summed E-state index contributed by atoms with van der Waals surface area (Å²) in [6.45, 7) is 0. The molecule has 106 valence electrons. The molecule has 1 aromatic heterocycles. The van der Waals surface area contributed by atoms with E-state index in [9.17, 15) is 14.9 Å². The van der Waals surface area contributed by atoms with Crippen LogP contribution in [0.1, 0.15) is 55.0 Å². The molecule has 0 spiro atoms. The van der Waals surface area contributed by atoms with Gasteiger partial charge in [0.25, 0.3) is 0 Å². The van der Waals surface area contributed by atoms with Gasteiger partial charge in [-0.25, -0.2) is 0 Å². The number of carbonyl (C=O) groups excluding carboxylic acids is 2. The lowest BCUT2D eigenvalue weighted by atomic mass is 9.94. The number of hydrogen-bond acceptors (Lipinski definition) is 5. The van der Waals surface area contributed by atoms with Crippen molar-refractivity contribution in [3.8, 4) is 6.07 Å². The van der Waals surface area contributed by atoms with E-state index in [2.05, 4.69) is 21.6 Å². The van der Waals surface area contributed by atoms with Crippen LogP contribution < -0.4 is 5.32 Å². The average molecular weight is 282 g/mol. The van der Waals surface area contributed by atoms with Crippen molar-refractivity contribution in [3.63, 3.8) is 0 Å². The van der Waals surface area contributed by atoms with Crippen molar-refractivity contribution in [2.45, 2.75) is 38.0 Å². The fourth-order valence-electron chi connectivity index (χ4n) is 2.91. The number of amides is 1. The predicted molar refractivity (Wildman–Crippen MR) is 73.7 cm³/mol. The van der Waals surface area contributed by atoms with Gasteiger partial charge in [0, 0.05) is 6.20 Å². The third kappa shape index (κ3) is 2.55. The van der Waals surface area contributed by atoms with E-state index in [1.807, 2.05) is 0 Å². The third-order valence-electron chi connectivity index (χ3n) is 4.00. The van der Waals surface area contributed by atoms with E-state index >= 15 is 0 Å². The second-order valence-corrected chi connectivity index (χ2v) is 5.35. The molecule has 1 saturated carbocycles. The van der Waals surface area contributed by atoms with E-state index in [4.69, 9.17) is 0 Å². The number of nitriles is 1. The minimum atomic E-state index is -0.318. The van der Waals surface area contributed by atoms with E-state index < -0.39 is 0 Å². The maximum atomic E-state index is 11.9. The van der Waals surface area contributed by atoms with Crippen LogP contribution in [0.4, 0.5) is 0 Å². The first-order valence-corrected chi connectivity index (χ1v) is 7.00. The van der Waals surface area contributed by atoms with Gasteiger partial charge in [-0.1, -0.05) is 12.8 Å². The van der Waals surface area contributed by atoms with Crippen LogP contribution in [0.15, 0.2) is 12.3 Å². The molecule has 2 heterocycles. The van der Waals surface area contributed by atoms with Crippen LogP contribution in [0.25, 0.3) is 5.57 Å². The maximum absolute atomic E-state index is 11.9. The molecule has 1 amide bonds. The lowest BCUT2D eigenvalue weighted by Crippen LogP contribution is -2.27. The Morgan fingerprint density at radius 1 is 1.24 bits per heavy atom. The number of aromatic nitrogens is 2. The Hall–Kier alpha value is -2.55. The van der Waals surface area contributed by atoms with Crippen LogP contribution in [0.5, 0.6) is 0 Å². The normalized spacial score (nSPS) is 19.1. The van der Waals surface area contributed by atoms with Crippen LogP contribution in [-0.4, -0.2) is 21.9 Å². The van der Waals surface area contributed by atoms with Crippen molar-refractivity contribution in [2.24, 2.45) is 0 Å². The Labute approximate surface area is 121 Å². The molecule has 1 aliphatic carbocycles. The topological polar surface area (TPSA) is 95.7 Å². The summed E-state index contributed by atoms with van der Waals surface area (Å²) in [5.74, 6) is -0.278. The summed E-state index contributed by atoms with van der Waals surface area (Å²) in [5, 5.41) is 19.6. The average Bonchev–Trinajstić information content (AvgIpc) is 3.01. The third-order valence-corrected chi connectivity index (χ3v) is 4.00. The molecule has 1 N–H and O–H groups in total. The van der Waals surface area contributed by atoms with Gasteiger partial charge in [-0.2, -0.15) is 5.26 Å². The first-order valence-electron chi connectivity index (χ1n) is 7.00. The van der Waals surface area contributed by atoms with Gasteiger partial charge in [0.05, 0.1) is 17.7 Å². The Kier molecular flexibility index (Phi) is 3.48. The minimum absolute atomic E-state index is 0.174.